The van der Waals surface area contributed by atoms with E-state index in [0.717, 1.165) is 22.2 Å². The topological polar surface area (TPSA) is 103 Å². The number of ketones is 1. The lowest BCUT2D eigenvalue weighted by atomic mass is 9.95. The highest BCUT2D eigenvalue weighted by atomic mass is 16.5. The number of benzene rings is 3. The Morgan fingerprint density at radius 1 is 1.03 bits per heavy atom. The number of carbonyl (C=O) groups excluding carboxylic acids is 2. The van der Waals surface area contributed by atoms with Gasteiger partial charge in [-0.05, 0) is 47.9 Å². The number of H-pyrrole nitrogens is 1. The molecule has 3 N–H and O–H groups in total. The van der Waals surface area contributed by atoms with E-state index in [2.05, 4.69) is 4.98 Å². The summed E-state index contributed by atoms with van der Waals surface area (Å²) in [6.45, 7) is 0.256. The van der Waals surface area contributed by atoms with E-state index in [1.807, 2.05) is 30.5 Å². The number of phenols is 1. The minimum absolute atomic E-state index is 0.0347. The second kappa shape index (κ2) is 9.02. The van der Waals surface area contributed by atoms with Crippen LogP contribution in [-0.2, 0) is 16.0 Å². The summed E-state index contributed by atoms with van der Waals surface area (Å²) >= 11 is 0. The number of nitrogens with zero attached hydrogens (tertiary/aromatic N) is 1. The number of likely N-dealkylation sites (tertiary alicyclic amines) is 1. The van der Waals surface area contributed by atoms with Crippen LogP contribution in [0.3, 0.4) is 0 Å². The standard InChI is InChI=1S/C28H24N2O5/c1-35-21-11-12-23-22(15-21)19(16-29-23)13-14-30-25(17-7-9-20(31)10-8-17)24(27(33)28(30)34)26(32)18-5-3-2-4-6-18/h2-12,15-16,25,29,31-32H,13-14H2,1H3/t25-/m1/s1. The number of Topliss-reactive ketones (excluding diaryl/α,β-unsaturated/α-hetero) is 1. The molecule has 5 rings (SSSR count). The van der Waals surface area contributed by atoms with Gasteiger partial charge in [-0.3, -0.25) is 9.59 Å². The van der Waals surface area contributed by atoms with Gasteiger partial charge >= 0.3 is 0 Å². The van der Waals surface area contributed by atoms with Crippen LogP contribution in [0.25, 0.3) is 16.7 Å². The molecule has 2 heterocycles. The van der Waals surface area contributed by atoms with Gasteiger partial charge in [-0.1, -0.05) is 42.5 Å². The number of phenolic OH excluding ortho intramolecular Hbond substituents is 1. The van der Waals surface area contributed by atoms with Crippen molar-refractivity contribution in [3.8, 4) is 11.5 Å². The van der Waals surface area contributed by atoms with E-state index in [-0.39, 0.29) is 23.6 Å². The van der Waals surface area contributed by atoms with Gasteiger partial charge in [0.25, 0.3) is 11.7 Å². The fraction of sp³-hybridized carbons (Fsp3) is 0.143. The van der Waals surface area contributed by atoms with E-state index in [4.69, 9.17) is 4.74 Å². The fourth-order valence-corrected chi connectivity index (χ4v) is 4.60. The summed E-state index contributed by atoms with van der Waals surface area (Å²) in [6, 6.07) is 20.0. The lowest BCUT2D eigenvalue weighted by molar-refractivity contribution is -0.139. The van der Waals surface area contributed by atoms with Crippen LogP contribution >= 0.6 is 0 Å². The molecular weight excluding hydrogens is 444 g/mol. The molecule has 1 aromatic heterocycles. The minimum atomic E-state index is -0.782. The number of aliphatic hydroxyl groups excluding tert-OH is 1. The monoisotopic (exact) mass is 468 g/mol. The van der Waals surface area contributed by atoms with E-state index in [1.54, 1.807) is 43.5 Å². The third kappa shape index (κ3) is 4.01. The Balaban J connectivity index is 1.55. The number of aliphatic hydroxyl groups is 1. The van der Waals surface area contributed by atoms with Crippen LogP contribution in [0.15, 0.2) is 84.6 Å². The van der Waals surface area contributed by atoms with Gasteiger partial charge < -0.3 is 24.8 Å². The zero-order valence-electron chi connectivity index (χ0n) is 19.1. The minimum Gasteiger partial charge on any atom is -0.508 e. The number of rotatable bonds is 6. The molecule has 0 aliphatic carbocycles. The molecule has 1 saturated heterocycles. The molecule has 1 aliphatic heterocycles. The molecule has 1 fully saturated rings. The van der Waals surface area contributed by atoms with Crippen molar-refractivity contribution >= 4 is 28.4 Å². The molecule has 1 atom stereocenters. The van der Waals surface area contributed by atoms with Crippen LogP contribution in [0.4, 0.5) is 0 Å². The summed E-state index contributed by atoms with van der Waals surface area (Å²) in [7, 11) is 1.61. The maximum absolute atomic E-state index is 13.2. The first-order valence-electron chi connectivity index (χ1n) is 11.2. The molecule has 0 saturated carbocycles. The van der Waals surface area contributed by atoms with Gasteiger partial charge in [-0.2, -0.15) is 0 Å². The summed E-state index contributed by atoms with van der Waals surface area (Å²) in [5.74, 6) is -0.823. The third-order valence-corrected chi connectivity index (χ3v) is 6.39. The summed E-state index contributed by atoms with van der Waals surface area (Å²) in [6.07, 6.45) is 2.38. The van der Waals surface area contributed by atoms with Crippen molar-refractivity contribution < 1.29 is 24.5 Å². The van der Waals surface area contributed by atoms with Gasteiger partial charge in [0.05, 0.1) is 18.7 Å². The summed E-state index contributed by atoms with van der Waals surface area (Å²) < 4.78 is 5.35. The van der Waals surface area contributed by atoms with E-state index in [1.165, 1.54) is 17.0 Å². The number of amides is 1. The second-order valence-corrected chi connectivity index (χ2v) is 8.43. The van der Waals surface area contributed by atoms with Crippen molar-refractivity contribution in [1.29, 1.82) is 0 Å². The molecule has 176 valence electrons. The highest BCUT2D eigenvalue weighted by Crippen LogP contribution is 2.40. The highest BCUT2D eigenvalue weighted by molar-refractivity contribution is 6.46. The Kier molecular flexibility index (Phi) is 5.74. The number of fused-ring (bicyclic) bond motifs is 1. The molecule has 7 nitrogen and oxygen atoms in total. The van der Waals surface area contributed by atoms with Gasteiger partial charge in [0.1, 0.15) is 17.3 Å². The summed E-state index contributed by atoms with van der Waals surface area (Å²) in [4.78, 5) is 31.1. The average molecular weight is 469 g/mol. The number of aromatic nitrogens is 1. The summed E-state index contributed by atoms with van der Waals surface area (Å²) in [5.41, 5.74) is 3.04. The second-order valence-electron chi connectivity index (χ2n) is 8.43. The zero-order chi connectivity index (χ0) is 24.5. The molecule has 1 amide bonds. The number of aromatic hydroxyl groups is 1. The Labute approximate surface area is 201 Å². The van der Waals surface area contributed by atoms with Gasteiger partial charge in [-0.15, -0.1) is 0 Å². The van der Waals surface area contributed by atoms with Crippen molar-refractivity contribution in [3.63, 3.8) is 0 Å². The van der Waals surface area contributed by atoms with Crippen molar-refractivity contribution in [1.82, 2.24) is 9.88 Å². The van der Waals surface area contributed by atoms with Gasteiger partial charge in [0.2, 0.25) is 0 Å². The Bertz CT molecular complexity index is 1440. The maximum atomic E-state index is 13.2. The van der Waals surface area contributed by atoms with Gasteiger partial charge in [-0.25, -0.2) is 0 Å². The number of methoxy groups -OCH3 is 1. The number of nitrogens with one attached hydrogen (secondary N) is 1. The molecule has 35 heavy (non-hydrogen) atoms. The zero-order valence-corrected chi connectivity index (χ0v) is 19.1. The number of aromatic amines is 1. The summed E-state index contributed by atoms with van der Waals surface area (Å²) in [5, 5.41) is 21.8. The lowest BCUT2D eigenvalue weighted by Gasteiger charge is -2.25. The van der Waals surface area contributed by atoms with E-state index >= 15 is 0 Å². The molecule has 1 aliphatic rings. The SMILES string of the molecule is COc1ccc2[nH]cc(CCN3C(=O)C(=O)C(=C(O)c4ccccc4)[C@H]3c3ccc(O)cc3)c2c1. The Morgan fingerprint density at radius 3 is 2.49 bits per heavy atom. The first kappa shape index (κ1) is 22.3. The van der Waals surface area contributed by atoms with Gasteiger partial charge in [0.15, 0.2) is 0 Å². The molecule has 0 unspecified atom stereocenters. The fourth-order valence-electron chi connectivity index (χ4n) is 4.60. The molecule has 7 heteroatoms. The predicted octanol–water partition coefficient (Wildman–Crippen LogP) is 4.55. The quantitative estimate of drug-likeness (QED) is 0.219. The Hall–Kier alpha value is -4.52. The van der Waals surface area contributed by atoms with Crippen molar-refractivity contribution in [2.24, 2.45) is 0 Å². The van der Waals surface area contributed by atoms with E-state index in [0.29, 0.717) is 17.5 Å². The Morgan fingerprint density at radius 2 is 1.77 bits per heavy atom. The number of ether oxygens (including phenoxy) is 1. The van der Waals surface area contributed by atoms with E-state index < -0.39 is 17.7 Å². The van der Waals surface area contributed by atoms with Crippen molar-refractivity contribution in [3.05, 3.63) is 101 Å². The van der Waals surface area contributed by atoms with Crippen LogP contribution in [0, 0.1) is 0 Å². The average Bonchev–Trinajstić information content (AvgIpc) is 3.41. The van der Waals surface area contributed by atoms with Crippen molar-refractivity contribution in [2.45, 2.75) is 12.5 Å². The number of hydrogen-bond donors (Lipinski definition) is 3. The lowest BCUT2D eigenvalue weighted by Crippen LogP contribution is -2.31. The van der Waals surface area contributed by atoms with Crippen molar-refractivity contribution in [2.75, 3.05) is 13.7 Å². The largest absolute Gasteiger partial charge is 0.508 e. The van der Waals surface area contributed by atoms with Gasteiger partial charge in [0, 0.05) is 29.2 Å². The van der Waals surface area contributed by atoms with Crippen LogP contribution in [-0.4, -0.2) is 45.4 Å². The molecule has 4 aromatic rings. The molecule has 0 bridgehead atoms. The number of carbonyl (C=O) groups is 2. The smallest absolute Gasteiger partial charge is 0.295 e. The first-order chi connectivity index (χ1) is 17.0. The van der Waals surface area contributed by atoms with Crippen LogP contribution in [0.1, 0.15) is 22.7 Å². The van der Waals surface area contributed by atoms with E-state index in [9.17, 15) is 19.8 Å². The molecular formula is C28H24N2O5. The predicted molar refractivity (Wildman–Crippen MR) is 132 cm³/mol. The maximum Gasteiger partial charge on any atom is 0.295 e. The van der Waals surface area contributed by atoms with Crippen LogP contribution < -0.4 is 4.74 Å². The number of hydrogen-bond acceptors (Lipinski definition) is 5. The third-order valence-electron chi connectivity index (χ3n) is 6.39. The first-order valence-corrected chi connectivity index (χ1v) is 11.2. The van der Waals surface area contributed by atoms with Crippen LogP contribution in [0.5, 0.6) is 11.5 Å². The molecule has 0 radical (unpaired) electrons. The molecule has 3 aromatic carbocycles. The highest BCUT2D eigenvalue weighted by Gasteiger charge is 2.45. The van der Waals surface area contributed by atoms with Crippen LogP contribution in [0.2, 0.25) is 0 Å². The normalized spacial score (nSPS) is 17.3. The molecule has 0 spiro atoms.